The quantitative estimate of drug-likeness (QED) is 0.0921. The molecule has 7 amide bonds. The molecule has 21 heteroatoms. The van der Waals surface area contributed by atoms with Gasteiger partial charge in [0.05, 0.1) is 39.3 Å². The van der Waals surface area contributed by atoms with Gasteiger partial charge in [-0.2, -0.15) is 0 Å². The van der Waals surface area contributed by atoms with Crippen molar-refractivity contribution in [3.63, 3.8) is 0 Å². The lowest BCUT2D eigenvalue weighted by Gasteiger charge is -2.37. The van der Waals surface area contributed by atoms with Gasteiger partial charge in [-0.25, -0.2) is 4.98 Å². The van der Waals surface area contributed by atoms with Gasteiger partial charge >= 0.3 is 0 Å². The minimum Gasteiger partial charge on any atom is -0.490 e. The molecule has 6 rings (SSSR count). The average molecular weight is 1060 g/mol. The molecule has 72 heavy (non-hydrogen) atoms. The van der Waals surface area contributed by atoms with E-state index in [2.05, 4.69) is 20.9 Å². The number of ether oxygens (including phenoxy) is 1. The first-order chi connectivity index (χ1) is 33.6. The number of halogens is 2. The van der Waals surface area contributed by atoms with Crippen molar-refractivity contribution in [3.05, 3.63) is 69.8 Å². The number of β-amino-alcohol motifs (C(OH)–C–C–N with tert-alkyl or cyclic N) is 1. The van der Waals surface area contributed by atoms with Crippen LogP contribution in [0.1, 0.15) is 115 Å². The highest BCUT2D eigenvalue weighted by molar-refractivity contribution is 7.13. The molecule has 18 nitrogen and oxygen atoms in total. The van der Waals surface area contributed by atoms with Crippen LogP contribution in [0.25, 0.3) is 10.4 Å². The average Bonchev–Trinajstić information content (AvgIpc) is 4.06. The molecule has 4 heterocycles. The van der Waals surface area contributed by atoms with Crippen molar-refractivity contribution in [2.75, 3.05) is 26.2 Å². The third-order valence-electron chi connectivity index (χ3n) is 13.7. The number of hydrogen-bond donors (Lipinski definition) is 6. The van der Waals surface area contributed by atoms with Gasteiger partial charge in [0.2, 0.25) is 41.4 Å². The molecule has 0 saturated carbocycles. The number of rotatable bonds is 19. The third-order valence-corrected chi connectivity index (χ3v) is 15.1. The van der Waals surface area contributed by atoms with Gasteiger partial charge in [0.25, 0.3) is 0 Å². The number of thiazole rings is 1. The smallest absolute Gasteiger partial charge is 0.246 e. The number of likely N-dealkylation sites (tertiary alicyclic amines) is 1. The predicted molar refractivity (Wildman–Crippen MR) is 277 cm³/mol. The highest BCUT2D eigenvalue weighted by Gasteiger charge is 2.46. The number of hydrogen-bond acceptors (Lipinski definition) is 12. The maximum Gasteiger partial charge on any atom is 0.246 e. The first kappa shape index (κ1) is 57.6. The highest BCUT2D eigenvalue weighted by Crippen LogP contribution is 2.33. The van der Waals surface area contributed by atoms with Gasteiger partial charge in [0, 0.05) is 51.9 Å². The molecule has 3 aliphatic heterocycles. The van der Waals surface area contributed by atoms with Crippen molar-refractivity contribution in [2.24, 2.45) is 16.9 Å². The van der Waals surface area contributed by atoms with Crippen LogP contribution in [0.2, 0.25) is 5.02 Å². The van der Waals surface area contributed by atoms with Gasteiger partial charge in [0.15, 0.2) is 0 Å². The Balaban J connectivity index is 0.00000963. The molecule has 1 aromatic heterocycles. The Bertz CT molecular complexity index is 2420. The van der Waals surface area contributed by atoms with Gasteiger partial charge in [0.1, 0.15) is 36.5 Å². The van der Waals surface area contributed by atoms with E-state index in [1.165, 1.54) is 11.8 Å². The van der Waals surface area contributed by atoms with Crippen LogP contribution < -0.4 is 32.2 Å². The molecule has 3 fully saturated rings. The number of amides is 7. The zero-order chi connectivity index (χ0) is 51.7. The van der Waals surface area contributed by atoms with Crippen LogP contribution in [0.15, 0.2) is 48.0 Å². The molecule has 8 atom stereocenters. The first-order valence-electron chi connectivity index (χ1n) is 24.5. The summed E-state index contributed by atoms with van der Waals surface area (Å²) in [7, 11) is 0. The van der Waals surface area contributed by atoms with Gasteiger partial charge in [-0.15, -0.1) is 23.7 Å². The summed E-state index contributed by atoms with van der Waals surface area (Å²) < 4.78 is 6.14. The van der Waals surface area contributed by atoms with Crippen LogP contribution in [-0.2, 0) is 40.0 Å². The lowest BCUT2D eigenvalue weighted by Crippen LogP contribution is -2.59. The second kappa shape index (κ2) is 25.5. The van der Waals surface area contributed by atoms with E-state index >= 15 is 0 Å². The summed E-state index contributed by atoms with van der Waals surface area (Å²) in [5.74, 6) is -2.30. The molecule has 0 radical (unpaired) electrons. The van der Waals surface area contributed by atoms with Crippen molar-refractivity contribution in [1.82, 2.24) is 35.6 Å². The Kier molecular flexibility index (Phi) is 20.4. The fourth-order valence-corrected chi connectivity index (χ4v) is 10.7. The van der Waals surface area contributed by atoms with E-state index in [4.69, 9.17) is 27.8 Å². The molecule has 8 N–H and O–H groups in total. The van der Waals surface area contributed by atoms with Crippen molar-refractivity contribution in [1.29, 1.82) is 0 Å². The van der Waals surface area contributed by atoms with Crippen LogP contribution in [0, 0.1) is 12.3 Å². The number of aliphatic hydroxyl groups excluding tert-OH is 1. The minimum absolute atomic E-state index is 0. The standard InChI is InChI=1S/C51H70ClN9O9S.ClH/c1-29(32-14-16-34(17-15-32)45-30(2)55-28-71-45)56-48(67)40-24-37(63)25-60(40)50(69)46(51(4,5)6)58-43(65)13-8-7-10-33-11-9-12-41(44(33)52)70-27-35(18-21-42(54)64)57-47(66)39-20-19-36-22-23-59(31(3)62)26-38(53)49(68)61(36)39;/h9,11-12,14-17,28-29,35-40,46,63H,7-8,10,13,18-27,53H2,1-6H3,(H2,54,64)(H,56,67)(H,57,66)(H,58,65);1H/t29-,35-,36+,37+,38-,39-,40-,46+;/m0./s1. The maximum atomic E-state index is 14.2. The third kappa shape index (κ3) is 14.7. The Morgan fingerprint density at radius 1 is 0.958 bits per heavy atom. The largest absolute Gasteiger partial charge is 0.490 e. The summed E-state index contributed by atoms with van der Waals surface area (Å²) in [4.78, 5) is 102. The zero-order valence-electron chi connectivity index (χ0n) is 42.0. The van der Waals surface area contributed by atoms with E-state index in [1.54, 1.807) is 38.8 Å². The number of benzene rings is 2. The Morgan fingerprint density at radius 2 is 1.67 bits per heavy atom. The highest BCUT2D eigenvalue weighted by atomic mass is 35.5. The summed E-state index contributed by atoms with van der Waals surface area (Å²) in [5, 5.41) is 20.0. The molecule has 0 spiro atoms. The van der Waals surface area contributed by atoms with E-state index in [0.717, 1.165) is 27.3 Å². The number of unbranched alkanes of at least 4 members (excludes halogenated alkanes) is 1. The molecule has 3 aliphatic rings. The van der Waals surface area contributed by atoms with Crippen LogP contribution >= 0.6 is 35.3 Å². The lowest BCUT2D eigenvalue weighted by atomic mass is 9.85. The minimum atomic E-state index is -0.968. The van der Waals surface area contributed by atoms with E-state index in [-0.39, 0.29) is 93.5 Å². The number of aromatic nitrogens is 1. The van der Waals surface area contributed by atoms with Gasteiger partial charge in [-0.1, -0.05) is 68.8 Å². The number of aliphatic hydroxyl groups is 1. The second-order valence-corrected chi connectivity index (χ2v) is 21.4. The zero-order valence-corrected chi connectivity index (χ0v) is 44.4. The number of nitrogens with zero attached hydrogens (tertiary/aromatic N) is 4. The number of nitrogens with two attached hydrogens (primary N) is 2. The van der Waals surface area contributed by atoms with E-state index in [1.807, 2.05) is 65.0 Å². The molecule has 0 unspecified atom stereocenters. The monoisotopic (exact) mass is 1060 g/mol. The number of fused-ring (bicyclic) bond motifs is 1. The summed E-state index contributed by atoms with van der Waals surface area (Å²) >= 11 is 8.41. The number of aryl methyl sites for hydroxylation is 2. The SMILES string of the molecule is CC(=O)N1CC[C@H]2CC[C@@H](C(=O)N[C@@H](CCC(N)=O)COc3cccc(CCCCC(=O)N[C@H](C(=O)N4C[C@H](O)C[C@H]4C(=O)N[C@@H](C)c4ccc(-c5scnc5C)cc4)C(C)(C)C)c3Cl)N2C(=O)[C@@H](N)C1.Cl. The number of nitrogens with one attached hydrogen (secondary N) is 3. The summed E-state index contributed by atoms with van der Waals surface area (Å²) in [6.07, 6.45) is 2.51. The van der Waals surface area contributed by atoms with E-state index < -0.39 is 59.4 Å². The van der Waals surface area contributed by atoms with Crippen LogP contribution in [0.3, 0.4) is 0 Å². The number of carbonyl (C=O) groups excluding carboxylic acids is 7. The van der Waals surface area contributed by atoms with Crippen LogP contribution in [-0.4, -0.2) is 135 Å². The number of carbonyl (C=O) groups is 7. The fourth-order valence-electron chi connectivity index (χ4n) is 9.66. The van der Waals surface area contributed by atoms with Crippen molar-refractivity contribution in [3.8, 4) is 16.2 Å². The Hall–Kier alpha value is -5.34. The van der Waals surface area contributed by atoms with E-state index in [9.17, 15) is 38.7 Å². The lowest BCUT2D eigenvalue weighted by molar-refractivity contribution is -0.144. The summed E-state index contributed by atoms with van der Waals surface area (Å²) in [5.41, 5.74) is 16.4. The van der Waals surface area contributed by atoms with Crippen LogP contribution in [0.5, 0.6) is 5.75 Å². The van der Waals surface area contributed by atoms with Gasteiger partial charge < -0.3 is 52.0 Å². The molecule has 3 saturated heterocycles. The molecule has 2 aromatic carbocycles. The van der Waals surface area contributed by atoms with Crippen molar-refractivity contribution >= 4 is 76.7 Å². The van der Waals surface area contributed by atoms with Gasteiger partial charge in [-0.3, -0.25) is 33.6 Å². The Labute approximate surface area is 437 Å². The van der Waals surface area contributed by atoms with E-state index in [0.29, 0.717) is 55.8 Å². The molecule has 0 bridgehead atoms. The van der Waals surface area contributed by atoms with Gasteiger partial charge in [-0.05, 0) is 87.0 Å². The summed E-state index contributed by atoms with van der Waals surface area (Å²) in [6, 6.07) is 8.31. The molecule has 0 aliphatic carbocycles. The molecule has 3 aromatic rings. The summed E-state index contributed by atoms with van der Waals surface area (Å²) in [6.45, 7) is 11.2. The molecular formula is C51H71Cl2N9O9S. The number of primary amides is 1. The topological polar surface area (TPSA) is 260 Å². The van der Waals surface area contributed by atoms with Crippen molar-refractivity contribution in [2.45, 2.75) is 154 Å². The Morgan fingerprint density at radius 3 is 2.32 bits per heavy atom. The molecular weight excluding hydrogens is 986 g/mol. The van der Waals surface area contributed by atoms with Crippen LogP contribution in [0.4, 0.5) is 0 Å². The second-order valence-electron chi connectivity index (χ2n) is 20.2. The molecule has 394 valence electrons. The maximum absolute atomic E-state index is 14.2. The first-order valence-corrected chi connectivity index (χ1v) is 25.8. The fraction of sp³-hybridized carbons (Fsp3) is 0.569. The van der Waals surface area contributed by atoms with Crippen molar-refractivity contribution < 1.29 is 43.4 Å². The normalized spacial score (nSPS) is 21.3. The predicted octanol–water partition coefficient (Wildman–Crippen LogP) is 4.34.